The Morgan fingerprint density at radius 2 is 2.00 bits per heavy atom. The van der Waals surface area contributed by atoms with Crippen molar-refractivity contribution in [2.75, 3.05) is 26.2 Å². The van der Waals surface area contributed by atoms with Gasteiger partial charge in [0, 0.05) is 18.2 Å². The highest BCUT2D eigenvalue weighted by Crippen LogP contribution is 2.39. The number of fused-ring (bicyclic) bond motifs is 1. The zero-order valence-electron chi connectivity index (χ0n) is 16.3. The van der Waals surface area contributed by atoms with Crippen molar-refractivity contribution in [2.45, 2.75) is 23.9 Å². The van der Waals surface area contributed by atoms with Crippen LogP contribution in [0.15, 0.2) is 41.6 Å². The molecule has 10 heteroatoms. The first-order chi connectivity index (χ1) is 14.6. The van der Waals surface area contributed by atoms with E-state index in [-0.39, 0.29) is 6.61 Å². The number of hydrogen-bond donors (Lipinski definition) is 1. The summed E-state index contributed by atoms with van der Waals surface area (Å²) in [5.41, 5.74) is 0.978. The van der Waals surface area contributed by atoms with Crippen LogP contribution in [0.2, 0.25) is 5.02 Å². The lowest BCUT2D eigenvalue weighted by molar-refractivity contribution is 0.289. The summed E-state index contributed by atoms with van der Waals surface area (Å²) in [5.74, 6) is 9.89. The molecule has 0 saturated carbocycles. The number of nitrogen functional groups attached to an aromatic ring is 1. The van der Waals surface area contributed by atoms with Gasteiger partial charge in [0.1, 0.15) is 18.1 Å². The Morgan fingerprint density at radius 3 is 2.87 bits per heavy atom. The van der Waals surface area contributed by atoms with Crippen LogP contribution < -0.4 is 24.8 Å². The average molecular weight is 449 g/mol. The first-order valence-electron chi connectivity index (χ1n) is 9.31. The molecule has 158 valence electrons. The standard InChI is InChI=1S/C20H21ClN4O4S/c1-26-14-4-2-5-15(10-14)29-11-18-23-24-20(25(18)22)30-12-13-8-16(21)19-17(9-13)27-6-3-7-28-19/h2,4-5,8-10H,3,6-7,11-12,22H2,1H3. The molecule has 3 aromatic rings. The van der Waals surface area contributed by atoms with Gasteiger partial charge in [-0.15, -0.1) is 10.2 Å². The van der Waals surface area contributed by atoms with E-state index in [9.17, 15) is 0 Å². The highest BCUT2D eigenvalue weighted by Gasteiger charge is 2.17. The fraction of sp³-hybridized carbons (Fsp3) is 0.300. The predicted molar refractivity (Wildman–Crippen MR) is 114 cm³/mol. The molecule has 0 aliphatic carbocycles. The van der Waals surface area contributed by atoms with E-state index in [4.69, 9.17) is 36.4 Å². The Labute approximate surface area is 183 Å². The molecular formula is C20H21ClN4O4S. The molecule has 0 saturated heterocycles. The second-order valence-electron chi connectivity index (χ2n) is 6.48. The van der Waals surface area contributed by atoms with Crippen molar-refractivity contribution >= 4 is 23.4 Å². The molecule has 0 amide bonds. The summed E-state index contributed by atoms with van der Waals surface area (Å²) in [4.78, 5) is 0. The van der Waals surface area contributed by atoms with Crippen LogP contribution in [0.5, 0.6) is 23.0 Å². The van der Waals surface area contributed by atoms with E-state index >= 15 is 0 Å². The van der Waals surface area contributed by atoms with E-state index < -0.39 is 0 Å². The van der Waals surface area contributed by atoms with Crippen molar-refractivity contribution in [3.8, 4) is 23.0 Å². The molecule has 1 aromatic heterocycles. The molecule has 30 heavy (non-hydrogen) atoms. The number of rotatable bonds is 7. The van der Waals surface area contributed by atoms with E-state index in [1.807, 2.05) is 30.3 Å². The molecule has 0 atom stereocenters. The molecule has 0 spiro atoms. The number of methoxy groups -OCH3 is 1. The van der Waals surface area contributed by atoms with Crippen molar-refractivity contribution in [2.24, 2.45) is 0 Å². The minimum Gasteiger partial charge on any atom is -0.497 e. The summed E-state index contributed by atoms with van der Waals surface area (Å²) < 4.78 is 23.8. The number of benzene rings is 2. The first kappa shape index (κ1) is 20.5. The van der Waals surface area contributed by atoms with E-state index in [0.717, 1.165) is 12.0 Å². The van der Waals surface area contributed by atoms with Gasteiger partial charge in [0.15, 0.2) is 17.3 Å². The highest BCUT2D eigenvalue weighted by molar-refractivity contribution is 7.98. The van der Waals surface area contributed by atoms with Crippen LogP contribution in [0.1, 0.15) is 17.8 Å². The molecule has 2 heterocycles. The Balaban J connectivity index is 1.39. The van der Waals surface area contributed by atoms with Crippen molar-refractivity contribution < 1.29 is 18.9 Å². The lowest BCUT2D eigenvalue weighted by Crippen LogP contribution is -2.15. The molecule has 8 nitrogen and oxygen atoms in total. The molecule has 4 rings (SSSR count). The van der Waals surface area contributed by atoms with Crippen LogP contribution in [0.3, 0.4) is 0 Å². The van der Waals surface area contributed by atoms with Crippen molar-refractivity contribution in [1.29, 1.82) is 0 Å². The maximum absolute atomic E-state index is 6.36. The van der Waals surface area contributed by atoms with Gasteiger partial charge in [0.05, 0.1) is 25.3 Å². The monoisotopic (exact) mass is 448 g/mol. The van der Waals surface area contributed by atoms with Gasteiger partial charge < -0.3 is 24.8 Å². The number of nitrogens with zero attached hydrogens (tertiary/aromatic N) is 3. The summed E-state index contributed by atoms with van der Waals surface area (Å²) in [6, 6.07) is 11.1. The number of aromatic nitrogens is 3. The van der Waals surface area contributed by atoms with E-state index in [2.05, 4.69) is 10.2 Å². The number of thioether (sulfide) groups is 1. The number of halogens is 1. The fourth-order valence-corrected chi connectivity index (χ4v) is 3.95. The molecule has 0 fully saturated rings. The van der Waals surface area contributed by atoms with Crippen LogP contribution in [0.25, 0.3) is 0 Å². The van der Waals surface area contributed by atoms with Gasteiger partial charge in [0.2, 0.25) is 5.16 Å². The molecule has 0 unspecified atom stereocenters. The Hall–Kier alpha value is -2.78. The zero-order chi connectivity index (χ0) is 20.9. The minimum atomic E-state index is 0.188. The summed E-state index contributed by atoms with van der Waals surface area (Å²) in [7, 11) is 1.61. The number of nitrogens with two attached hydrogens (primary N) is 1. The molecule has 1 aliphatic heterocycles. The Bertz CT molecular complexity index is 1030. The normalized spacial score (nSPS) is 13.0. The van der Waals surface area contributed by atoms with Gasteiger partial charge >= 0.3 is 0 Å². The molecule has 1 aliphatic rings. The lowest BCUT2D eigenvalue weighted by Gasteiger charge is -2.11. The molecule has 2 aromatic carbocycles. The third kappa shape index (κ3) is 4.68. The SMILES string of the molecule is COc1cccc(OCc2nnc(SCc3cc(Cl)c4c(c3)OCCCO4)n2N)c1. The van der Waals surface area contributed by atoms with E-state index in [1.54, 1.807) is 13.2 Å². The largest absolute Gasteiger partial charge is 0.497 e. The molecule has 0 bridgehead atoms. The smallest absolute Gasteiger partial charge is 0.210 e. The van der Waals surface area contributed by atoms with Crippen molar-refractivity contribution in [3.05, 3.63) is 52.8 Å². The van der Waals surface area contributed by atoms with Crippen LogP contribution in [-0.2, 0) is 12.4 Å². The fourth-order valence-electron chi connectivity index (χ4n) is 2.86. The van der Waals surface area contributed by atoms with E-state index in [1.165, 1.54) is 16.4 Å². The Kier molecular flexibility index (Phi) is 6.39. The quantitative estimate of drug-likeness (QED) is 0.432. The summed E-state index contributed by atoms with van der Waals surface area (Å²) >= 11 is 7.81. The van der Waals surface area contributed by atoms with Gasteiger partial charge in [-0.05, 0) is 29.8 Å². The van der Waals surface area contributed by atoms with Crippen LogP contribution in [0, 0.1) is 0 Å². The number of hydrogen-bond acceptors (Lipinski definition) is 8. The van der Waals surface area contributed by atoms with Crippen LogP contribution >= 0.6 is 23.4 Å². The van der Waals surface area contributed by atoms with Gasteiger partial charge in [-0.3, -0.25) is 0 Å². The Morgan fingerprint density at radius 1 is 1.17 bits per heavy atom. The third-order valence-corrected chi connectivity index (χ3v) is 5.67. The van der Waals surface area contributed by atoms with Crippen LogP contribution in [0.4, 0.5) is 0 Å². The zero-order valence-corrected chi connectivity index (χ0v) is 17.9. The molecular weight excluding hydrogens is 428 g/mol. The summed E-state index contributed by atoms with van der Waals surface area (Å²) in [6.45, 7) is 1.39. The van der Waals surface area contributed by atoms with Gasteiger partial charge in [-0.25, -0.2) is 4.68 Å². The average Bonchev–Trinajstić information content (AvgIpc) is 2.95. The van der Waals surface area contributed by atoms with Gasteiger partial charge in [-0.1, -0.05) is 29.4 Å². The maximum Gasteiger partial charge on any atom is 0.210 e. The second kappa shape index (κ2) is 9.36. The second-order valence-corrected chi connectivity index (χ2v) is 7.83. The first-order valence-corrected chi connectivity index (χ1v) is 10.7. The van der Waals surface area contributed by atoms with Gasteiger partial charge in [-0.2, -0.15) is 0 Å². The topological polar surface area (TPSA) is 93.6 Å². The molecule has 0 radical (unpaired) electrons. The number of ether oxygens (including phenoxy) is 4. The minimum absolute atomic E-state index is 0.188. The highest BCUT2D eigenvalue weighted by atomic mass is 35.5. The summed E-state index contributed by atoms with van der Waals surface area (Å²) in [5, 5.41) is 9.39. The van der Waals surface area contributed by atoms with Crippen molar-refractivity contribution in [3.63, 3.8) is 0 Å². The van der Waals surface area contributed by atoms with Crippen LogP contribution in [-0.4, -0.2) is 35.2 Å². The maximum atomic E-state index is 6.36. The molecule has 2 N–H and O–H groups in total. The van der Waals surface area contributed by atoms with Gasteiger partial charge in [0.25, 0.3) is 0 Å². The van der Waals surface area contributed by atoms with Crippen molar-refractivity contribution in [1.82, 2.24) is 14.9 Å². The lowest BCUT2D eigenvalue weighted by atomic mass is 10.2. The third-order valence-electron chi connectivity index (χ3n) is 4.37. The predicted octanol–water partition coefficient (Wildman–Crippen LogP) is 3.69. The summed E-state index contributed by atoms with van der Waals surface area (Å²) in [6.07, 6.45) is 0.825. The van der Waals surface area contributed by atoms with E-state index in [0.29, 0.717) is 58.0 Å².